The van der Waals surface area contributed by atoms with Gasteiger partial charge in [-0.05, 0) is 25.0 Å². The van der Waals surface area contributed by atoms with Crippen molar-refractivity contribution in [3.63, 3.8) is 0 Å². The van der Waals surface area contributed by atoms with Crippen molar-refractivity contribution < 1.29 is 4.79 Å². The molecular weight excluding hydrogens is 182 g/mol. The zero-order valence-corrected chi connectivity index (χ0v) is 8.51. The Labute approximate surface area is 82.8 Å². The molecule has 0 aliphatic heterocycles. The number of nitrogens with zero attached hydrogens (tertiary/aromatic N) is 1. The van der Waals surface area contributed by atoms with E-state index < -0.39 is 0 Å². The van der Waals surface area contributed by atoms with Crippen LogP contribution in [-0.4, -0.2) is 15.9 Å². The lowest BCUT2D eigenvalue weighted by Gasteiger charge is -1.98. The number of pyridine rings is 1. The highest BCUT2D eigenvalue weighted by Gasteiger charge is 1.95. The molecule has 13 heavy (non-hydrogen) atoms. The minimum absolute atomic E-state index is 0.195. The predicted octanol–water partition coefficient (Wildman–Crippen LogP) is 2.29. The Morgan fingerprint density at radius 2 is 2.38 bits per heavy atom. The van der Waals surface area contributed by atoms with Crippen molar-refractivity contribution in [2.24, 2.45) is 0 Å². The number of thioether (sulfide) groups is 1. The van der Waals surface area contributed by atoms with Crippen LogP contribution in [0.25, 0.3) is 0 Å². The van der Waals surface area contributed by atoms with Crippen LogP contribution in [0.5, 0.6) is 0 Å². The molecule has 70 valence electrons. The Hall–Kier alpha value is -0.830. The summed E-state index contributed by atoms with van der Waals surface area (Å²) in [5.74, 6) is 0.895. The maximum Gasteiger partial charge on any atom is 0.185 e. The fourth-order valence-electron chi connectivity index (χ4n) is 1.02. The third-order valence-electron chi connectivity index (χ3n) is 1.61. The van der Waals surface area contributed by atoms with E-state index in [4.69, 9.17) is 0 Å². The molecule has 0 saturated heterocycles. The van der Waals surface area contributed by atoms with Crippen molar-refractivity contribution in [3.05, 3.63) is 30.1 Å². The molecule has 0 unspecified atom stereocenters. The van der Waals surface area contributed by atoms with Crippen LogP contribution < -0.4 is 0 Å². The quantitative estimate of drug-likeness (QED) is 0.690. The number of rotatable bonds is 4. The van der Waals surface area contributed by atoms with Gasteiger partial charge in [-0.15, -0.1) is 0 Å². The molecule has 1 rings (SSSR count). The maximum atomic E-state index is 10.6. The lowest BCUT2D eigenvalue weighted by atomic mass is 10.2. The molecule has 2 nitrogen and oxygen atoms in total. The standard InChI is InChI=1S/C10H13NOS/c1-9(12)13-8-4-6-10-5-2-3-7-11-10/h2-3,5,7H,4,6,8H2,1H3. The Bertz CT molecular complexity index is 261. The van der Waals surface area contributed by atoms with E-state index >= 15 is 0 Å². The monoisotopic (exact) mass is 195 g/mol. The summed E-state index contributed by atoms with van der Waals surface area (Å²) in [6.07, 6.45) is 3.77. The summed E-state index contributed by atoms with van der Waals surface area (Å²) < 4.78 is 0. The highest BCUT2D eigenvalue weighted by Crippen LogP contribution is 2.06. The van der Waals surface area contributed by atoms with Crippen molar-refractivity contribution in [1.29, 1.82) is 0 Å². The zero-order chi connectivity index (χ0) is 9.52. The van der Waals surface area contributed by atoms with Crippen LogP contribution >= 0.6 is 11.8 Å². The zero-order valence-electron chi connectivity index (χ0n) is 7.69. The fraction of sp³-hybridized carbons (Fsp3) is 0.400. The van der Waals surface area contributed by atoms with Gasteiger partial charge in [0.1, 0.15) is 0 Å². The Kier molecular flexibility index (Phi) is 4.54. The molecule has 0 bridgehead atoms. The molecule has 0 radical (unpaired) electrons. The molecule has 0 atom stereocenters. The number of carbonyl (C=O) groups is 1. The molecular formula is C10H13NOS. The summed E-state index contributed by atoms with van der Waals surface area (Å²) in [6, 6.07) is 5.91. The van der Waals surface area contributed by atoms with E-state index in [-0.39, 0.29) is 5.12 Å². The number of aryl methyl sites for hydroxylation is 1. The minimum atomic E-state index is 0.195. The van der Waals surface area contributed by atoms with Crippen LogP contribution in [0.15, 0.2) is 24.4 Å². The third kappa shape index (κ3) is 4.68. The molecule has 0 aromatic carbocycles. The van der Waals surface area contributed by atoms with Crippen LogP contribution in [0.1, 0.15) is 19.0 Å². The second kappa shape index (κ2) is 5.75. The molecule has 1 heterocycles. The van der Waals surface area contributed by atoms with Gasteiger partial charge in [0, 0.05) is 24.6 Å². The molecule has 0 spiro atoms. The predicted molar refractivity (Wildman–Crippen MR) is 55.7 cm³/mol. The summed E-state index contributed by atoms with van der Waals surface area (Å²) >= 11 is 1.38. The highest BCUT2D eigenvalue weighted by atomic mass is 32.2. The van der Waals surface area contributed by atoms with Gasteiger partial charge in [0.2, 0.25) is 0 Å². The van der Waals surface area contributed by atoms with Crippen LogP contribution in [0, 0.1) is 0 Å². The number of hydrogen-bond donors (Lipinski definition) is 0. The van der Waals surface area contributed by atoms with Gasteiger partial charge in [-0.3, -0.25) is 9.78 Å². The number of carbonyl (C=O) groups excluding carboxylic acids is 1. The first-order chi connectivity index (χ1) is 6.29. The third-order valence-corrected chi connectivity index (χ3v) is 2.51. The molecule has 0 aliphatic carbocycles. The van der Waals surface area contributed by atoms with Crippen LogP contribution in [-0.2, 0) is 11.2 Å². The van der Waals surface area contributed by atoms with Gasteiger partial charge in [0.05, 0.1) is 0 Å². The van der Waals surface area contributed by atoms with Gasteiger partial charge in [-0.2, -0.15) is 0 Å². The molecule has 3 heteroatoms. The lowest BCUT2D eigenvalue weighted by Crippen LogP contribution is -1.92. The van der Waals surface area contributed by atoms with E-state index in [1.54, 1.807) is 13.1 Å². The van der Waals surface area contributed by atoms with E-state index in [1.807, 2.05) is 18.2 Å². The van der Waals surface area contributed by atoms with Gasteiger partial charge in [0.15, 0.2) is 5.12 Å². The van der Waals surface area contributed by atoms with E-state index in [0.717, 1.165) is 24.3 Å². The highest BCUT2D eigenvalue weighted by molar-refractivity contribution is 8.13. The first-order valence-electron chi connectivity index (χ1n) is 4.32. The first-order valence-corrected chi connectivity index (χ1v) is 5.31. The van der Waals surface area contributed by atoms with Gasteiger partial charge in [-0.25, -0.2) is 0 Å². The van der Waals surface area contributed by atoms with E-state index in [0.29, 0.717) is 0 Å². The summed E-state index contributed by atoms with van der Waals surface area (Å²) in [4.78, 5) is 14.8. The van der Waals surface area contributed by atoms with Crippen molar-refractivity contribution in [2.45, 2.75) is 19.8 Å². The summed E-state index contributed by atoms with van der Waals surface area (Å²) in [5.41, 5.74) is 1.10. The van der Waals surface area contributed by atoms with E-state index in [1.165, 1.54) is 11.8 Å². The fourth-order valence-corrected chi connectivity index (χ4v) is 1.59. The van der Waals surface area contributed by atoms with Crippen molar-refractivity contribution >= 4 is 16.9 Å². The van der Waals surface area contributed by atoms with Crippen molar-refractivity contribution in [1.82, 2.24) is 4.98 Å². The number of hydrogen-bond acceptors (Lipinski definition) is 3. The van der Waals surface area contributed by atoms with Crippen LogP contribution in [0.3, 0.4) is 0 Å². The summed E-state index contributed by atoms with van der Waals surface area (Å²) in [5, 5.41) is 0.195. The summed E-state index contributed by atoms with van der Waals surface area (Å²) in [6.45, 7) is 1.60. The smallest absolute Gasteiger partial charge is 0.185 e. The molecule has 0 aliphatic rings. The largest absolute Gasteiger partial charge is 0.288 e. The molecule has 0 fully saturated rings. The van der Waals surface area contributed by atoms with Crippen LogP contribution in [0.2, 0.25) is 0 Å². The average molecular weight is 195 g/mol. The number of aromatic nitrogens is 1. The topological polar surface area (TPSA) is 30.0 Å². The molecule has 0 N–H and O–H groups in total. The van der Waals surface area contributed by atoms with E-state index in [9.17, 15) is 4.79 Å². The Morgan fingerprint density at radius 3 is 3.00 bits per heavy atom. The molecule has 0 amide bonds. The Balaban J connectivity index is 2.17. The lowest BCUT2D eigenvalue weighted by molar-refractivity contribution is -0.109. The average Bonchev–Trinajstić information content (AvgIpc) is 2.14. The maximum absolute atomic E-state index is 10.6. The van der Waals surface area contributed by atoms with Gasteiger partial charge < -0.3 is 0 Å². The van der Waals surface area contributed by atoms with E-state index in [2.05, 4.69) is 4.98 Å². The normalized spacial score (nSPS) is 9.92. The summed E-state index contributed by atoms with van der Waals surface area (Å²) in [7, 11) is 0. The van der Waals surface area contributed by atoms with Crippen molar-refractivity contribution in [3.8, 4) is 0 Å². The molecule has 0 saturated carbocycles. The van der Waals surface area contributed by atoms with Crippen molar-refractivity contribution in [2.75, 3.05) is 5.75 Å². The van der Waals surface area contributed by atoms with Gasteiger partial charge in [0.25, 0.3) is 0 Å². The SMILES string of the molecule is CC(=O)SCCCc1ccccn1. The second-order valence-electron chi connectivity index (χ2n) is 2.76. The minimum Gasteiger partial charge on any atom is -0.288 e. The van der Waals surface area contributed by atoms with Gasteiger partial charge in [-0.1, -0.05) is 17.8 Å². The first kappa shape index (κ1) is 10.3. The molecule has 1 aromatic rings. The second-order valence-corrected chi connectivity index (χ2v) is 4.04. The Morgan fingerprint density at radius 1 is 1.54 bits per heavy atom. The molecule has 1 aromatic heterocycles. The van der Waals surface area contributed by atoms with Crippen LogP contribution in [0.4, 0.5) is 0 Å². The van der Waals surface area contributed by atoms with Gasteiger partial charge >= 0.3 is 0 Å².